The molecule has 8 nitrogen and oxygen atoms in total. The molecule has 1 aliphatic rings. The summed E-state index contributed by atoms with van der Waals surface area (Å²) < 4.78 is 10.8. The Morgan fingerprint density at radius 1 is 0.969 bits per heavy atom. The van der Waals surface area contributed by atoms with E-state index in [4.69, 9.17) is 9.47 Å². The molecule has 0 unspecified atom stereocenters. The SMILES string of the molecule is CCOc1ccc(-c2cc(C(=O)N3CCN(C(=O)c4ccccc4OC)CC3)[nH]n2)cc1. The van der Waals surface area contributed by atoms with Crippen LogP contribution in [0.15, 0.2) is 54.6 Å². The number of amides is 2. The van der Waals surface area contributed by atoms with E-state index in [1.54, 1.807) is 35.1 Å². The van der Waals surface area contributed by atoms with E-state index in [1.807, 2.05) is 43.3 Å². The van der Waals surface area contributed by atoms with E-state index in [0.717, 1.165) is 11.3 Å². The second-order valence-corrected chi connectivity index (χ2v) is 7.41. The highest BCUT2D eigenvalue weighted by Gasteiger charge is 2.27. The van der Waals surface area contributed by atoms with E-state index in [2.05, 4.69) is 10.2 Å². The normalized spacial score (nSPS) is 13.7. The lowest BCUT2D eigenvalue weighted by molar-refractivity contribution is 0.0530. The van der Waals surface area contributed by atoms with Crippen molar-refractivity contribution < 1.29 is 19.1 Å². The summed E-state index contributed by atoms with van der Waals surface area (Å²) in [4.78, 5) is 29.3. The molecule has 2 amide bonds. The van der Waals surface area contributed by atoms with Gasteiger partial charge in [-0.05, 0) is 49.4 Å². The van der Waals surface area contributed by atoms with E-state index in [1.165, 1.54) is 0 Å². The van der Waals surface area contributed by atoms with E-state index in [-0.39, 0.29) is 11.8 Å². The number of nitrogens with one attached hydrogen (secondary N) is 1. The number of para-hydroxylation sites is 1. The smallest absolute Gasteiger partial charge is 0.272 e. The Balaban J connectivity index is 1.38. The van der Waals surface area contributed by atoms with Crippen LogP contribution in [0.3, 0.4) is 0 Å². The fourth-order valence-electron chi connectivity index (χ4n) is 3.74. The zero-order valence-electron chi connectivity index (χ0n) is 18.2. The van der Waals surface area contributed by atoms with Crippen LogP contribution in [-0.2, 0) is 0 Å². The van der Waals surface area contributed by atoms with Crippen molar-refractivity contribution in [1.82, 2.24) is 20.0 Å². The molecule has 1 N–H and O–H groups in total. The summed E-state index contributed by atoms with van der Waals surface area (Å²) in [6, 6.07) is 16.5. The minimum absolute atomic E-state index is 0.0890. The first-order chi connectivity index (χ1) is 15.6. The summed E-state index contributed by atoms with van der Waals surface area (Å²) in [5, 5.41) is 7.13. The maximum atomic E-state index is 12.9. The van der Waals surface area contributed by atoms with Gasteiger partial charge in [-0.15, -0.1) is 0 Å². The maximum absolute atomic E-state index is 12.9. The van der Waals surface area contributed by atoms with E-state index >= 15 is 0 Å². The predicted molar refractivity (Wildman–Crippen MR) is 120 cm³/mol. The second kappa shape index (κ2) is 9.55. The lowest BCUT2D eigenvalue weighted by atomic mass is 10.1. The van der Waals surface area contributed by atoms with Gasteiger partial charge in [0.15, 0.2) is 0 Å². The summed E-state index contributed by atoms with van der Waals surface area (Å²) in [5.41, 5.74) is 2.55. The molecule has 1 saturated heterocycles. The molecular formula is C24H26N4O4. The van der Waals surface area contributed by atoms with Crippen molar-refractivity contribution in [2.75, 3.05) is 39.9 Å². The fourth-order valence-corrected chi connectivity index (χ4v) is 3.74. The van der Waals surface area contributed by atoms with Crippen LogP contribution in [0, 0.1) is 0 Å². The summed E-state index contributed by atoms with van der Waals surface area (Å²) in [6.07, 6.45) is 0. The van der Waals surface area contributed by atoms with Crippen LogP contribution in [0.5, 0.6) is 11.5 Å². The van der Waals surface area contributed by atoms with Crippen molar-refractivity contribution in [3.8, 4) is 22.8 Å². The molecular weight excluding hydrogens is 408 g/mol. The number of hydrogen-bond donors (Lipinski definition) is 1. The minimum atomic E-state index is -0.126. The number of ether oxygens (including phenoxy) is 2. The molecule has 0 saturated carbocycles. The Kier molecular flexibility index (Phi) is 6.39. The Hall–Kier alpha value is -3.81. The van der Waals surface area contributed by atoms with Crippen LogP contribution >= 0.6 is 0 Å². The van der Waals surface area contributed by atoms with Gasteiger partial charge in [-0.25, -0.2) is 0 Å². The lowest BCUT2D eigenvalue weighted by Crippen LogP contribution is -2.50. The van der Waals surface area contributed by atoms with Crippen LogP contribution < -0.4 is 9.47 Å². The van der Waals surface area contributed by atoms with Crippen molar-refractivity contribution in [2.45, 2.75) is 6.92 Å². The topological polar surface area (TPSA) is 87.8 Å². The van der Waals surface area contributed by atoms with Crippen LogP contribution in [0.2, 0.25) is 0 Å². The summed E-state index contributed by atoms with van der Waals surface area (Å²) >= 11 is 0. The van der Waals surface area contributed by atoms with Gasteiger partial charge in [0.2, 0.25) is 0 Å². The van der Waals surface area contributed by atoms with E-state index < -0.39 is 0 Å². The average molecular weight is 434 g/mol. The van der Waals surface area contributed by atoms with Crippen molar-refractivity contribution in [1.29, 1.82) is 0 Å². The molecule has 4 rings (SSSR count). The molecule has 8 heteroatoms. The number of piperazine rings is 1. The largest absolute Gasteiger partial charge is 0.496 e. The lowest BCUT2D eigenvalue weighted by Gasteiger charge is -2.34. The van der Waals surface area contributed by atoms with Crippen molar-refractivity contribution >= 4 is 11.8 Å². The van der Waals surface area contributed by atoms with Gasteiger partial charge in [-0.1, -0.05) is 12.1 Å². The molecule has 2 aromatic carbocycles. The van der Waals surface area contributed by atoms with Gasteiger partial charge >= 0.3 is 0 Å². The molecule has 1 fully saturated rings. The molecule has 0 spiro atoms. The minimum Gasteiger partial charge on any atom is -0.496 e. The number of methoxy groups -OCH3 is 1. The molecule has 3 aromatic rings. The summed E-state index contributed by atoms with van der Waals surface area (Å²) in [7, 11) is 1.55. The second-order valence-electron chi connectivity index (χ2n) is 7.41. The van der Waals surface area contributed by atoms with Crippen LogP contribution in [0.4, 0.5) is 0 Å². The van der Waals surface area contributed by atoms with Gasteiger partial charge in [-0.3, -0.25) is 14.7 Å². The van der Waals surface area contributed by atoms with Gasteiger partial charge in [-0.2, -0.15) is 5.10 Å². The Labute approximate surface area is 186 Å². The van der Waals surface area contributed by atoms with Crippen molar-refractivity contribution in [3.63, 3.8) is 0 Å². The number of H-pyrrole nitrogens is 1. The van der Waals surface area contributed by atoms with Gasteiger partial charge in [0, 0.05) is 31.7 Å². The molecule has 32 heavy (non-hydrogen) atoms. The van der Waals surface area contributed by atoms with Crippen molar-refractivity contribution in [3.05, 3.63) is 65.9 Å². The average Bonchev–Trinajstić information content (AvgIpc) is 3.34. The molecule has 0 bridgehead atoms. The van der Waals surface area contributed by atoms with Gasteiger partial charge in [0.05, 0.1) is 25.0 Å². The third-order valence-corrected chi connectivity index (χ3v) is 5.46. The first-order valence-electron chi connectivity index (χ1n) is 10.6. The summed E-state index contributed by atoms with van der Waals surface area (Å²) in [6.45, 7) is 4.38. The Bertz CT molecular complexity index is 1090. The third kappa shape index (κ3) is 4.44. The first-order valence-corrected chi connectivity index (χ1v) is 10.6. The van der Waals surface area contributed by atoms with Crippen LogP contribution in [0.25, 0.3) is 11.3 Å². The number of aromatic nitrogens is 2. The molecule has 1 aliphatic heterocycles. The van der Waals surface area contributed by atoms with E-state index in [9.17, 15) is 9.59 Å². The highest BCUT2D eigenvalue weighted by molar-refractivity contribution is 5.97. The Morgan fingerprint density at radius 3 is 2.28 bits per heavy atom. The van der Waals surface area contributed by atoms with Crippen LogP contribution in [-0.4, -0.2) is 71.7 Å². The maximum Gasteiger partial charge on any atom is 0.272 e. The Morgan fingerprint density at radius 2 is 1.62 bits per heavy atom. The van der Waals surface area contributed by atoms with Gasteiger partial charge in [0.25, 0.3) is 11.8 Å². The number of benzene rings is 2. The number of carbonyl (C=O) groups is 2. The predicted octanol–water partition coefficient (Wildman–Crippen LogP) is 3.08. The highest BCUT2D eigenvalue weighted by Crippen LogP contribution is 2.23. The molecule has 2 heterocycles. The number of carbonyl (C=O) groups excluding carboxylic acids is 2. The molecule has 0 aliphatic carbocycles. The number of rotatable bonds is 6. The van der Waals surface area contributed by atoms with Crippen LogP contribution in [0.1, 0.15) is 27.8 Å². The molecule has 166 valence electrons. The first kappa shape index (κ1) is 21.4. The zero-order valence-corrected chi connectivity index (χ0v) is 18.2. The monoisotopic (exact) mass is 434 g/mol. The number of aromatic amines is 1. The zero-order chi connectivity index (χ0) is 22.5. The highest BCUT2D eigenvalue weighted by atomic mass is 16.5. The standard InChI is InChI=1S/C24H26N4O4/c1-3-32-18-10-8-17(9-11-18)20-16-21(26-25-20)24(30)28-14-12-27(13-15-28)23(29)19-6-4-5-7-22(19)31-2/h4-11,16H,3,12-15H2,1-2H3,(H,25,26). The quantitative estimate of drug-likeness (QED) is 0.644. The van der Waals surface area contributed by atoms with Gasteiger partial charge < -0.3 is 19.3 Å². The molecule has 0 radical (unpaired) electrons. The van der Waals surface area contributed by atoms with E-state index in [0.29, 0.717) is 55.5 Å². The molecule has 0 atom stereocenters. The number of hydrogen-bond acceptors (Lipinski definition) is 5. The van der Waals surface area contributed by atoms with Crippen molar-refractivity contribution in [2.24, 2.45) is 0 Å². The number of nitrogens with zero attached hydrogens (tertiary/aromatic N) is 3. The van der Waals surface area contributed by atoms with Gasteiger partial charge in [0.1, 0.15) is 17.2 Å². The third-order valence-electron chi connectivity index (χ3n) is 5.46. The summed E-state index contributed by atoms with van der Waals surface area (Å²) in [5.74, 6) is 1.13. The fraction of sp³-hybridized carbons (Fsp3) is 0.292. The molecule has 1 aromatic heterocycles.